The number of amides is 1. The van der Waals surface area contributed by atoms with Crippen LogP contribution < -0.4 is 39.2 Å². The summed E-state index contributed by atoms with van der Waals surface area (Å²) in [5.74, 6) is 0.0987. The van der Waals surface area contributed by atoms with E-state index in [1.54, 1.807) is 58.2 Å². The number of likely N-dealkylation sites (tertiary alicyclic amines) is 1. The maximum absolute atomic E-state index is 14.0. The fraction of sp³-hybridized carbons (Fsp3) is 0.535. The normalized spacial score (nSPS) is 19.9. The summed E-state index contributed by atoms with van der Waals surface area (Å²) in [6, 6.07) is 11.0. The molecule has 2 saturated carbocycles. The molecule has 1 amide bonds. The molecule has 0 unspecified atom stereocenters. The number of benzene rings is 2. The van der Waals surface area contributed by atoms with E-state index in [0.717, 1.165) is 43.0 Å². The van der Waals surface area contributed by atoms with Gasteiger partial charge in [0, 0.05) is 62.7 Å². The van der Waals surface area contributed by atoms with Gasteiger partial charge in [0.25, 0.3) is 6.43 Å². The first kappa shape index (κ1) is 42.0. The van der Waals surface area contributed by atoms with Crippen molar-refractivity contribution in [3.63, 3.8) is 0 Å². The fourth-order valence-electron chi connectivity index (χ4n) is 9.21. The molecule has 0 bridgehead atoms. The molecule has 4 heterocycles. The molecule has 10 nitrogen and oxygen atoms in total. The summed E-state index contributed by atoms with van der Waals surface area (Å²) in [4.78, 5) is 28.9. The van der Waals surface area contributed by atoms with Crippen LogP contribution in [-0.4, -0.2) is 87.3 Å². The van der Waals surface area contributed by atoms with Gasteiger partial charge in [0.15, 0.2) is 0 Å². The van der Waals surface area contributed by atoms with E-state index in [2.05, 4.69) is 16.1 Å². The van der Waals surface area contributed by atoms with Crippen molar-refractivity contribution in [3.05, 3.63) is 77.1 Å². The SMILES string of the molecule is CC(=O)N1CC[C-]=C(C(=N)N2CCCc3cc(-c4cnn(C)c4)c(C(F)F)cc32)C1.O=C(O)c1ccc(OC2CC3(CCN(C4CCCCC4)CC3)C2)cc1.[Na+]. The number of hydrogen-bond donors (Lipinski definition) is 2. The summed E-state index contributed by atoms with van der Waals surface area (Å²) in [7, 11) is 1.76. The van der Waals surface area contributed by atoms with Gasteiger partial charge in [-0.05, 0) is 123 Å². The number of fused-ring (bicyclic) bond motifs is 1. The molecule has 294 valence electrons. The predicted octanol–water partition coefficient (Wildman–Crippen LogP) is 5.08. The first-order valence-corrected chi connectivity index (χ1v) is 19.9. The van der Waals surface area contributed by atoms with E-state index in [4.69, 9.17) is 15.3 Å². The molecular weight excluding hydrogens is 725 g/mol. The molecule has 1 spiro atoms. The van der Waals surface area contributed by atoms with Gasteiger partial charge in [0.2, 0.25) is 5.91 Å². The van der Waals surface area contributed by atoms with Gasteiger partial charge >= 0.3 is 35.5 Å². The fourth-order valence-corrected chi connectivity index (χ4v) is 9.21. The van der Waals surface area contributed by atoms with Gasteiger partial charge in [-0.1, -0.05) is 25.7 Å². The Morgan fingerprint density at radius 1 is 1.02 bits per heavy atom. The first-order chi connectivity index (χ1) is 26.5. The van der Waals surface area contributed by atoms with Crippen LogP contribution in [0.3, 0.4) is 0 Å². The average Bonchev–Trinajstić information content (AvgIpc) is 3.63. The number of aromatic nitrogens is 2. The number of aryl methyl sites for hydroxylation is 2. The standard InChI is InChI=1S/C22H24F2N5O.C21H29NO3.Na/c1-14(30)28-7-3-6-16(13-28)22(25)29-8-4-5-15-9-18(17-11-26-27(2)12-17)19(21(23)24)10-20(15)29;23-20(24)16-6-8-18(9-7-16)25-19-14-21(15-19)10-12-22(13-11-21)17-4-2-1-3-5-17;/h9-12,21,25H,3-5,7-8,13H2,1-2H3;6-9,17,19H,1-5,10-15H2,(H,23,24);/q-1;;+1. The maximum Gasteiger partial charge on any atom is 1.00 e. The van der Waals surface area contributed by atoms with E-state index in [1.165, 1.54) is 71.0 Å². The van der Waals surface area contributed by atoms with Gasteiger partial charge in [-0.2, -0.15) is 10.7 Å². The third-order valence-electron chi connectivity index (χ3n) is 12.4. The summed E-state index contributed by atoms with van der Waals surface area (Å²) in [5.41, 5.74) is 4.12. The Morgan fingerprint density at radius 2 is 1.73 bits per heavy atom. The summed E-state index contributed by atoms with van der Waals surface area (Å²) in [6.45, 7) is 5.54. The second-order valence-electron chi connectivity index (χ2n) is 16.0. The molecule has 2 aromatic carbocycles. The van der Waals surface area contributed by atoms with Gasteiger partial charge in [-0.25, -0.2) is 13.6 Å². The molecule has 0 radical (unpaired) electrons. The Bertz CT molecular complexity index is 1890. The second kappa shape index (κ2) is 18.3. The minimum absolute atomic E-state index is 0. The summed E-state index contributed by atoms with van der Waals surface area (Å²) < 4.78 is 35.5. The number of carboxylic acids is 1. The zero-order chi connectivity index (χ0) is 38.7. The van der Waals surface area contributed by atoms with Crippen molar-refractivity contribution in [1.82, 2.24) is 19.6 Å². The number of carbonyl (C=O) groups excluding carboxylic acids is 1. The number of amidine groups is 1. The molecule has 56 heavy (non-hydrogen) atoms. The first-order valence-electron chi connectivity index (χ1n) is 19.9. The smallest absolute Gasteiger partial charge is 0.490 e. The zero-order valence-electron chi connectivity index (χ0n) is 33.0. The maximum atomic E-state index is 14.0. The monoisotopic (exact) mass is 778 g/mol. The van der Waals surface area contributed by atoms with Crippen LogP contribution in [-0.2, 0) is 18.3 Å². The van der Waals surface area contributed by atoms with Crippen LogP contribution in [0.15, 0.2) is 54.4 Å². The minimum atomic E-state index is -2.64. The largest absolute Gasteiger partial charge is 1.00 e. The number of alkyl halides is 2. The van der Waals surface area contributed by atoms with Crippen LogP contribution >= 0.6 is 0 Å². The van der Waals surface area contributed by atoms with Gasteiger partial charge in [0.05, 0.1) is 17.9 Å². The van der Waals surface area contributed by atoms with E-state index in [-0.39, 0.29) is 46.9 Å². The number of nitrogens with zero attached hydrogens (tertiary/aromatic N) is 5. The Morgan fingerprint density at radius 3 is 2.36 bits per heavy atom. The predicted molar refractivity (Wildman–Crippen MR) is 208 cm³/mol. The zero-order valence-corrected chi connectivity index (χ0v) is 35.0. The number of carboxylic acid groups (broad SMARTS) is 1. The quantitative estimate of drug-likeness (QED) is 0.149. The van der Waals surface area contributed by atoms with E-state index in [0.29, 0.717) is 65.5 Å². The van der Waals surface area contributed by atoms with Crippen LogP contribution in [0.2, 0.25) is 0 Å². The van der Waals surface area contributed by atoms with Crippen LogP contribution in [0.1, 0.15) is 105 Å². The number of nitrogens with one attached hydrogen (secondary N) is 1. The van der Waals surface area contributed by atoms with Crippen molar-refractivity contribution >= 4 is 23.4 Å². The van der Waals surface area contributed by atoms with E-state index < -0.39 is 12.4 Å². The summed E-state index contributed by atoms with van der Waals surface area (Å²) >= 11 is 0. The summed E-state index contributed by atoms with van der Waals surface area (Å²) in [6.07, 6.45) is 18.4. The van der Waals surface area contributed by atoms with Crippen molar-refractivity contribution < 1.29 is 57.8 Å². The molecule has 1 saturated heterocycles. The number of rotatable bonds is 7. The van der Waals surface area contributed by atoms with Crippen LogP contribution in [0.25, 0.3) is 11.1 Å². The number of carbonyl (C=O) groups is 2. The number of ether oxygens (including phenoxy) is 1. The molecule has 2 aliphatic carbocycles. The van der Waals surface area contributed by atoms with Crippen molar-refractivity contribution in [3.8, 4) is 16.9 Å². The molecular formula is C43H53F2N6NaO4. The van der Waals surface area contributed by atoms with Crippen LogP contribution in [0.5, 0.6) is 5.75 Å². The molecule has 1 aromatic heterocycles. The number of halogens is 2. The molecule has 3 fully saturated rings. The Labute approximate surface area is 351 Å². The molecule has 0 atom stereocenters. The van der Waals surface area contributed by atoms with Crippen LogP contribution in [0, 0.1) is 16.9 Å². The van der Waals surface area contributed by atoms with Gasteiger partial charge in [0.1, 0.15) is 5.75 Å². The van der Waals surface area contributed by atoms with Gasteiger partial charge < -0.3 is 30.0 Å². The molecule has 3 aromatic rings. The van der Waals surface area contributed by atoms with E-state index in [1.807, 2.05) is 6.07 Å². The Balaban J connectivity index is 0.000000189. The van der Waals surface area contributed by atoms with Crippen LogP contribution in [0.4, 0.5) is 14.5 Å². The van der Waals surface area contributed by atoms with E-state index >= 15 is 0 Å². The van der Waals surface area contributed by atoms with Crippen molar-refractivity contribution in [2.75, 3.05) is 37.6 Å². The number of aromatic carboxylic acids is 1. The molecule has 8 rings (SSSR count). The Hall–Kier alpha value is -3.58. The van der Waals surface area contributed by atoms with Crippen molar-refractivity contribution in [1.29, 1.82) is 5.41 Å². The molecule has 2 N–H and O–H groups in total. The van der Waals surface area contributed by atoms with Gasteiger partial charge in [-0.15, -0.1) is 0 Å². The second-order valence-corrected chi connectivity index (χ2v) is 16.0. The minimum Gasteiger partial charge on any atom is -0.490 e. The molecule has 3 aliphatic heterocycles. The third-order valence-corrected chi connectivity index (χ3v) is 12.4. The van der Waals surface area contributed by atoms with E-state index in [9.17, 15) is 18.4 Å². The topological polar surface area (TPSA) is 115 Å². The average molecular weight is 779 g/mol. The van der Waals surface area contributed by atoms with Crippen molar-refractivity contribution in [2.45, 2.75) is 103 Å². The third kappa shape index (κ3) is 9.57. The molecule has 13 heteroatoms. The summed E-state index contributed by atoms with van der Waals surface area (Å²) in [5, 5.41) is 21.8. The van der Waals surface area contributed by atoms with Crippen molar-refractivity contribution in [2.24, 2.45) is 12.5 Å². The van der Waals surface area contributed by atoms with Gasteiger partial charge in [-0.3, -0.25) is 15.6 Å². The number of hydrogen-bond acceptors (Lipinski definition) is 6. The molecule has 5 aliphatic rings. The Kier molecular flexibility index (Phi) is 13.8. The number of piperidine rings is 1. The number of anilines is 1.